The predicted octanol–water partition coefficient (Wildman–Crippen LogP) is 3.91. The Hall–Kier alpha value is -0.310. The van der Waals surface area contributed by atoms with Crippen LogP contribution in [0.15, 0.2) is 22.2 Å². The summed E-state index contributed by atoms with van der Waals surface area (Å²) in [4.78, 5) is 11.3. The summed E-state index contributed by atoms with van der Waals surface area (Å²) in [6, 6.07) is 0. The van der Waals surface area contributed by atoms with Crippen molar-refractivity contribution in [1.29, 1.82) is 0 Å². The van der Waals surface area contributed by atoms with E-state index >= 15 is 0 Å². The highest BCUT2D eigenvalue weighted by Crippen LogP contribution is 2.40. The molecular weight excluding hydrogens is 259 g/mol. The topological polar surface area (TPSA) is 37.3 Å². The van der Waals surface area contributed by atoms with Crippen LogP contribution in [0.4, 0.5) is 0 Å². The van der Waals surface area contributed by atoms with Gasteiger partial charge in [0.15, 0.2) is 5.78 Å². The summed E-state index contributed by atoms with van der Waals surface area (Å²) >= 11 is 11.6. The summed E-state index contributed by atoms with van der Waals surface area (Å²) < 4.78 is 0. The van der Waals surface area contributed by atoms with Crippen molar-refractivity contribution in [3.05, 3.63) is 22.2 Å². The van der Waals surface area contributed by atoms with Crippen molar-refractivity contribution < 1.29 is 9.90 Å². The molecule has 1 aliphatic rings. The van der Waals surface area contributed by atoms with Gasteiger partial charge in [-0.15, -0.1) is 0 Å². The minimum atomic E-state index is -1.28. The monoisotopic (exact) mass is 276 g/mol. The minimum absolute atomic E-state index is 0.00995. The Balaban J connectivity index is 2.44. The molecule has 0 aromatic carbocycles. The lowest BCUT2D eigenvalue weighted by molar-refractivity contribution is -0.116. The van der Waals surface area contributed by atoms with E-state index in [2.05, 4.69) is 6.92 Å². The van der Waals surface area contributed by atoms with Crippen molar-refractivity contribution in [1.82, 2.24) is 0 Å². The standard InChI is InChI=1S/C13H18Cl2O2/c1-2-3-4-5-6-7-8-13(17)9-10(16)11(14)12(13)15/h6-7,17H,2-5,8-9H2,1H3/b7-6-. The van der Waals surface area contributed by atoms with Gasteiger partial charge in [0.25, 0.3) is 0 Å². The average molecular weight is 277 g/mol. The highest BCUT2D eigenvalue weighted by Gasteiger charge is 2.42. The number of unbranched alkanes of at least 4 members (excludes halogenated alkanes) is 3. The number of carbonyl (C=O) groups is 1. The number of rotatable bonds is 6. The lowest BCUT2D eigenvalue weighted by atomic mass is 9.98. The molecule has 0 saturated carbocycles. The molecule has 96 valence electrons. The van der Waals surface area contributed by atoms with Crippen LogP contribution < -0.4 is 0 Å². The number of Topliss-reactive ketones (excluding diaryl/α,β-unsaturated/α-hetero) is 1. The highest BCUT2D eigenvalue weighted by atomic mass is 35.5. The first-order valence-corrected chi connectivity index (χ1v) is 6.73. The largest absolute Gasteiger partial charge is 0.383 e. The normalized spacial score (nSPS) is 25.3. The van der Waals surface area contributed by atoms with Crippen molar-refractivity contribution in [3.8, 4) is 0 Å². The maximum atomic E-state index is 11.3. The van der Waals surface area contributed by atoms with Gasteiger partial charge in [-0.25, -0.2) is 0 Å². The molecule has 1 atom stereocenters. The summed E-state index contributed by atoms with van der Waals surface area (Å²) in [5, 5.41) is 10.2. The molecule has 1 rings (SSSR count). The maximum Gasteiger partial charge on any atom is 0.178 e. The van der Waals surface area contributed by atoms with E-state index in [-0.39, 0.29) is 22.3 Å². The molecule has 4 heteroatoms. The van der Waals surface area contributed by atoms with E-state index in [0.717, 1.165) is 12.8 Å². The summed E-state index contributed by atoms with van der Waals surface area (Å²) in [6.07, 6.45) is 8.77. The number of hydrogen-bond donors (Lipinski definition) is 1. The molecule has 1 unspecified atom stereocenters. The van der Waals surface area contributed by atoms with E-state index in [0.29, 0.717) is 6.42 Å². The van der Waals surface area contributed by atoms with Gasteiger partial charge in [-0.05, 0) is 19.3 Å². The van der Waals surface area contributed by atoms with Gasteiger partial charge < -0.3 is 5.11 Å². The van der Waals surface area contributed by atoms with Crippen molar-refractivity contribution >= 4 is 29.0 Å². The molecule has 0 fully saturated rings. The van der Waals surface area contributed by atoms with Crippen LogP contribution in [0.5, 0.6) is 0 Å². The third kappa shape index (κ3) is 3.84. The van der Waals surface area contributed by atoms with Crippen LogP contribution in [0.3, 0.4) is 0 Å². The molecule has 0 bridgehead atoms. The first-order valence-electron chi connectivity index (χ1n) is 5.97. The van der Waals surface area contributed by atoms with E-state index in [1.165, 1.54) is 12.8 Å². The molecule has 1 aliphatic carbocycles. The first kappa shape index (κ1) is 14.7. The van der Waals surface area contributed by atoms with E-state index < -0.39 is 5.60 Å². The minimum Gasteiger partial charge on any atom is -0.383 e. The number of hydrogen-bond acceptors (Lipinski definition) is 2. The third-order valence-electron chi connectivity index (χ3n) is 2.90. The Morgan fingerprint density at radius 1 is 1.35 bits per heavy atom. The van der Waals surface area contributed by atoms with E-state index in [4.69, 9.17) is 23.2 Å². The molecule has 0 saturated heterocycles. The number of aliphatic hydroxyl groups is 1. The van der Waals surface area contributed by atoms with Gasteiger partial charge in [-0.2, -0.15) is 0 Å². The van der Waals surface area contributed by atoms with Crippen molar-refractivity contribution in [2.45, 2.75) is 51.0 Å². The van der Waals surface area contributed by atoms with Gasteiger partial charge in [0.05, 0.1) is 5.03 Å². The van der Waals surface area contributed by atoms with Crippen molar-refractivity contribution in [2.24, 2.45) is 0 Å². The molecule has 0 aromatic heterocycles. The van der Waals surface area contributed by atoms with E-state index in [9.17, 15) is 9.90 Å². The summed E-state index contributed by atoms with van der Waals surface area (Å²) in [5.74, 6) is -0.279. The van der Waals surface area contributed by atoms with Crippen molar-refractivity contribution in [3.63, 3.8) is 0 Å². The van der Waals surface area contributed by atoms with Crippen LogP contribution >= 0.6 is 23.2 Å². The Bertz CT molecular complexity index is 347. The Kier molecular flexibility index (Phi) is 5.71. The Morgan fingerprint density at radius 2 is 2.06 bits per heavy atom. The van der Waals surface area contributed by atoms with Crippen LogP contribution in [0.1, 0.15) is 45.4 Å². The predicted molar refractivity (Wildman–Crippen MR) is 71.2 cm³/mol. The fourth-order valence-electron chi connectivity index (χ4n) is 1.82. The fourth-order valence-corrected chi connectivity index (χ4v) is 2.31. The second kappa shape index (κ2) is 6.58. The van der Waals surface area contributed by atoms with Gasteiger partial charge in [-0.3, -0.25) is 4.79 Å². The molecule has 0 radical (unpaired) electrons. The zero-order chi connectivity index (χ0) is 12.9. The summed E-state index contributed by atoms with van der Waals surface area (Å²) in [7, 11) is 0. The third-order valence-corrected chi connectivity index (χ3v) is 3.93. The van der Waals surface area contributed by atoms with Gasteiger partial charge in [-0.1, -0.05) is 55.1 Å². The first-order chi connectivity index (χ1) is 8.01. The number of halogens is 2. The van der Waals surface area contributed by atoms with Crippen LogP contribution in [0.25, 0.3) is 0 Å². The van der Waals surface area contributed by atoms with Gasteiger partial charge in [0.2, 0.25) is 0 Å². The smallest absolute Gasteiger partial charge is 0.178 e. The lowest BCUT2D eigenvalue weighted by Crippen LogP contribution is -2.26. The lowest BCUT2D eigenvalue weighted by Gasteiger charge is -2.19. The summed E-state index contributed by atoms with van der Waals surface area (Å²) in [5.41, 5.74) is -1.28. The number of carbonyl (C=O) groups excluding carboxylic acids is 1. The van der Waals surface area contributed by atoms with Gasteiger partial charge in [0, 0.05) is 6.42 Å². The summed E-state index contributed by atoms with van der Waals surface area (Å²) in [6.45, 7) is 2.16. The van der Waals surface area contributed by atoms with Gasteiger partial charge >= 0.3 is 0 Å². The SMILES string of the molecule is CCCCC/C=C\CC1(O)CC(=O)C(Cl)=C1Cl. The van der Waals surface area contributed by atoms with Crippen LogP contribution in [0.2, 0.25) is 0 Å². The fraction of sp³-hybridized carbons (Fsp3) is 0.615. The molecule has 0 aromatic rings. The number of ketones is 1. The Labute approximate surface area is 112 Å². The molecule has 0 spiro atoms. The van der Waals surface area contributed by atoms with Gasteiger partial charge in [0.1, 0.15) is 10.6 Å². The number of allylic oxidation sites excluding steroid dienone is 2. The Morgan fingerprint density at radius 3 is 2.59 bits per heavy atom. The molecule has 1 N–H and O–H groups in total. The van der Waals surface area contributed by atoms with E-state index in [1.54, 1.807) is 0 Å². The average Bonchev–Trinajstić information content (AvgIpc) is 2.48. The maximum absolute atomic E-state index is 11.3. The molecule has 17 heavy (non-hydrogen) atoms. The molecule has 2 nitrogen and oxygen atoms in total. The molecule has 0 amide bonds. The zero-order valence-corrected chi connectivity index (χ0v) is 11.5. The van der Waals surface area contributed by atoms with Crippen LogP contribution in [-0.4, -0.2) is 16.5 Å². The quantitative estimate of drug-likeness (QED) is 0.590. The molecule has 0 heterocycles. The molecule has 0 aliphatic heterocycles. The van der Waals surface area contributed by atoms with E-state index in [1.807, 2.05) is 12.2 Å². The van der Waals surface area contributed by atoms with Crippen LogP contribution in [-0.2, 0) is 4.79 Å². The second-order valence-corrected chi connectivity index (χ2v) is 5.19. The van der Waals surface area contributed by atoms with Crippen LogP contribution in [0, 0.1) is 0 Å². The second-order valence-electron chi connectivity index (χ2n) is 4.43. The zero-order valence-electron chi connectivity index (χ0n) is 10.0. The van der Waals surface area contributed by atoms with Crippen molar-refractivity contribution in [2.75, 3.05) is 0 Å². The highest BCUT2D eigenvalue weighted by molar-refractivity contribution is 6.50. The molecular formula is C13H18Cl2O2.